The number of hydrogen-bond acceptors (Lipinski definition) is 8. The number of hydrogen-bond donors (Lipinski definition) is 6. The van der Waals surface area contributed by atoms with Gasteiger partial charge in [0, 0.05) is 6.42 Å². The van der Waals surface area contributed by atoms with Crippen molar-refractivity contribution in [2.24, 2.45) is 0 Å². The van der Waals surface area contributed by atoms with Gasteiger partial charge in [0.2, 0.25) is 5.91 Å². The van der Waals surface area contributed by atoms with Crippen LogP contribution < -0.4 is 5.32 Å². The van der Waals surface area contributed by atoms with Gasteiger partial charge in [0.25, 0.3) is 0 Å². The smallest absolute Gasteiger partial charge is 0.220 e. The number of amides is 1. The van der Waals surface area contributed by atoms with Gasteiger partial charge >= 0.3 is 0 Å². The second-order valence-electron chi connectivity index (χ2n) is 20.8. The molecule has 1 saturated heterocycles. The van der Waals surface area contributed by atoms with Gasteiger partial charge in [-0.2, -0.15) is 0 Å². The maximum absolute atomic E-state index is 13.1. The molecule has 0 spiro atoms. The van der Waals surface area contributed by atoms with Gasteiger partial charge in [0.05, 0.1) is 25.4 Å². The highest BCUT2D eigenvalue weighted by Crippen LogP contribution is 2.23. The molecule has 7 atom stereocenters. The molecule has 398 valence electrons. The molecule has 0 aliphatic carbocycles. The topological polar surface area (TPSA) is 149 Å². The quantitative estimate of drug-likeness (QED) is 0.0261. The van der Waals surface area contributed by atoms with Crippen LogP contribution in [0.25, 0.3) is 0 Å². The Balaban J connectivity index is 2.18. The van der Waals surface area contributed by atoms with Crippen molar-refractivity contribution in [1.29, 1.82) is 0 Å². The minimum atomic E-state index is -1.55. The maximum Gasteiger partial charge on any atom is 0.220 e. The average molecular weight is 953 g/mol. The van der Waals surface area contributed by atoms with Crippen LogP contribution >= 0.6 is 0 Å². The van der Waals surface area contributed by atoms with Gasteiger partial charge in [-0.05, 0) is 38.5 Å². The molecular weight excluding hydrogens is 839 g/mol. The largest absolute Gasteiger partial charge is 0.394 e. The van der Waals surface area contributed by atoms with Crippen molar-refractivity contribution in [2.45, 2.75) is 339 Å². The molecule has 1 rings (SSSR count). The lowest BCUT2D eigenvalue weighted by Crippen LogP contribution is -2.60. The zero-order valence-electron chi connectivity index (χ0n) is 44.2. The summed E-state index contributed by atoms with van der Waals surface area (Å²) in [6.07, 6.45) is 52.4. The summed E-state index contributed by atoms with van der Waals surface area (Å²) in [5.74, 6) is -0.140. The normalized spacial score (nSPS) is 19.7. The number of nitrogens with one attached hydrogen (secondary N) is 1. The average Bonchev–Trinajstić information content (AvgIpc) is 3.33. The van der Waals surface area contributed by atoms with Gasteiger partial charge in [-0.15, -0.1) is 0 Å². The SMILES string of the molecule is CCCCCCCCCCCCCC/C=C\CCCCCCCCCCCCC(=O)NC(COC1OC(CO)C(O)C(O)C1O)C(O)CCCCCCCCCCCCCCCCCCCC. The third-order valence-electron chi connectivity index (χ3n) is 14.4. The van der Waals surface area contributed by atoms with Gasteiger partial charge in [-0.3, -0.25) is 4.79 Å². The zero-order chi connectivity index (χ0) is 48.7. The Kier molecular flexibility index (Phi) is 46.3. The van der Waals surface area contributed by atoms with Crippen LogP contribution in [0.4, 0.5) is 0 Å². The second kappa shape index (κ2) is 48.6. The first kappa shape index (κ1) is 63.9. The van der Waals surface area contributed by atoms with E-state index in [1.165, 1.54) is 231 Å². The Morgan fingerprint density at radius 3 is 1.21 bits per heavy atom. The van der Waals surface area contributed by atoms with Crippen molar-refractivity contribution in [2.75, 3.05) is 13.2 Å². The van der Waals surface area contributed by atoms with E-state index in [0.717, 1.165) is 38.5 Å². The van der Waals surface area contributed by atoms with E-state index in [1.807, 2.05) is 0 Å². The molecule has 0 aromatic rings. The van der Waals surface area contributed by atoms with E-state index in [2.05, 4.69) is 31.3 Å². The first-order chi connectivity index (χ1) is 32.8. The third-order valence-corrected chi connectivity index (χ3v) is 14.4. The van der Waals surface area contributed by atoms with Gasteiger partial charge in [0.15, 0.2) is 6.29 Å². The van der Waals surface area contributed by atoms with Crippen LogP contribution in [0.15, 0.2) is 12.2 Å². The fourth-order valence-electron chi connectivity index (χ4n) is 9.69. The molecule has 0 aromatic heterocycles. The number of carbonyl (C=O) groups is 1. The standard InChI is InChI=1S/C58H113NO8/c1-3-5-7-9-11-13-15-17-19-21-23-24-25-26-27-28-29-30-32-34-36-38-40-42-44-46-48-54(62)59-51(50-66-58-57(65)56(64)55(63)53(49-60)67-58)52(61)47-45-43-41-39-37-35-33-31-22-20-18-16-14-12-10-8-6-4-2/h26-27,51-53,55-58,60-61,63-65H,3-25,28-50H2,1-2H3,(H,59,62)/b27-26-. The zero-order valence-corrected chi connectivity index (χ0v) is 44.2. The first-order valence-electron chi connectivity index (χ1n) is 29.4. The number of ether oxygens (including phenoxy) is 2. The molecule has 67 heavy (non-hydrogen) atoms. The fraction of sp³-hybridized carbons (Fsp3) is 0.948. The number of allylic oxidation sites excluding steroid dienone is 2. The number of aliphatic hydroxyl groups is 5. The maximum atomic E-state index is 13.1. The molecule has 0 aromatic carbocycles. The van der Waals surface area contributed by atoms with Crippen molar-refractivity contribution < 1.29 is 39.8 Å². The van der Waals surface area contributed by atoms with E-state index >= 15 is 0 Å². The minimum absolute atomic E-state index is 0.134. The molecule has 1 amide bonds. The molecule has 9 heteroatoms. The van der Waals surface area contributed by atoms with Crippen molar-refractivity contribution in [3.63, 3.8) is 0 Å². The van der Waals surface area contributed by atoms with Crippen molar-refractivity contribution >= 4 is 5.91 Å². The molecule has 9 nitrogen and oxygen atoms in total. The fourth-order valence-corrected chi connectivity index (χ4v) is 9.69. The summed E-state index contributed by atoms with van der Waals surface area (Å²) in [6.45, 7) is 3.88. The van der Waals surface area contributed by atoms with E-state index in [9.17, 15) is 30.3 Å². The molecule has 0 radical (unpaired) electrons. The lowest BCUT2D eigenvalue weighted by atomic mass is 9.99. The predicted octanol–water partition coefficient (Wildman–Crippen LogP) is 14.4. The molecule has 1 fully saturated rings. The van der Waals surface area contributed by atoms with Crippen LogP contribution in [0.1, 0.15) is 296 Å². The molecule has 1 heterocycles. The van der Waals surface area contributed by atoms with Gasteiger partial charge in [0.1, 0.15) is 24.4 Å². The highest BCUT2D eigenvalue weighted by atomic mass is 16.7. The lowest BCUT2D eigenvalue weighted by molar-refractivity contribution is -0.302. The van der Waals surface area contributed by atoms with Crippen LogP contribution in [0.3, 0.4) is 0 Å². The molecule has 1 aliphatic heterocycles. The summed E-state index contributed by atoms with van der Waals surface area (Å²) < 4.78 is 11.3. The number of carbonyl (C=O) groups excluding carboxylic acids is 1. The van der Waals surface area contributed by atoms with E-state index in [-0.39, 0.29) is 12.5 Å². The van der Waals surface area contributed by atoms with E-state index in [4.69, 9.17) is 9.47 Å². The Morgan fingerprint density at radius 1 is 0.493 bits per heavy atom. The minimum Gasteiger partial charge on any atom is -0.394 e. The lowest BCUT2D eigenvalue weighted by Gasteiger charge is -2.40. The number of unbranched alkanes of at least 4 members (excludes halogenated alkanes) is 39. The van der Waals surface area contributed by atoms with Crippen LogP contribution in [0.2, 0.25) is 0 Å². The number of rotatable bonds is 51. The van der Waals surface area contributed by atoms with Gasteiger partial charge in [-0.1, -0.05) is 264 Å². The molecule has 1 aliphatic rings. The second-order valence-corrected chi connectivity index (χ2v) is 20.8. The first-order valence-corrected chi connectivity index (χ1v) is 29.4. The van der Waals surface area contributed by atoms with Crippen molar-refractivity contribution in [3.8, 4) is 0 Å². The van der Waals surface area contributed by atoms with E-state index < -0.39 is 49.5 Å². The highest BCUT2D eigenvalue weighted by molar-refractivity contribution is 5.76. The van der Waals surface area contributed by atoms with E-state index in [0.29, 0.717) is 12.8 Å². The highest BCUT2D eigenvalue weighted by Gasteiger charge is 2.44. The Morgan fingerprint density at radius 2 is 0.836 bits per heavy atom. The summed E-state index contributed by atoms with van der Waals surface area (Å²) in [6, 6.07) is -0.717. The van der Waals surface area contributed by atoms with Crippen molar-refractivity contribution in [1.82, 2.24) is 5.32 Å². The Labute approximate surface area is 414 Å². The van der Waals surface area contributed by atoms with Crippen LogP contribution in [-0.2, 0) is 14.3 Å². The van der Waals surface area contributed by atoms with Crippen LogP contribution in [0.5, 0.6) is 0 Å². The molecule has 6 N–H and O–H groups in total. The third kappa shape index (κ3) is 38.3. The molecule has 0 saturated carbocycles. The molecular formula is C58H113NO8. The van der Waals surface area contributed by atoms with Crippen LogP contribution in [0, 0.1) is 0 Å². The summed E-state index contributed by atoms with van der Waals surface area (Å²) in [5.41, 5.74) is 0. The van der Waals surface area contributed by atoms with Crippen molar-refractivity contribution in [3.05, 3.63) is 12.2 Å². The van der Waals surface area contributed by atoms with Crippen LogP contribution in [-0.4, -0.2) is 87.5 Å². The number of aliphatic hydroxyl groups excluding tert-OH is 5. The Bertz CT molecular complexity index is 1060. The predicted molar refractivity (Wildman–Crippen MR) is 281 cm³/mol. The summed E-state index contributed by atoms with van der Waals surface area (Å²) in [4.78, 5) is 13.1. The Hall–Kier alpha value is -1.07. The monoisotopic (exact) mass is 952 g/mol. The summed E-state index contributed by atoms with van der Waals surface area (Å²) in [5, 5.41) is 54.7. The summed E-state index contributed by atoms with van der Waals surface area (Å²) >= 11 is 0. The van der Waals surface area contributed by atoms with Gasteiger partial charge in [-0.25, -0.2) is 0 Å². The summed E-state index contributed by atoms with van der Waals surface area (Å²) in [7, 11) is 0. The van der Waals surface area contributed by atoms with Gasteiger partial charge < -0.3 is 40.3 Å². The molecule has 7 unspecified atom stereocenters. The van der Waals surface area contributed by atoms with E-state index in [1.54, 1.807) is 0 Å². The molecule has 0 bridgehead atoms.